The van der Waals surface area contributed by atoms with Gasteiger partial charge in [-0.3, -0.25) is 4.79 Å². The van der Waals surface area contributed by atoms with Gasteiger partial charge in [-0.15, -0.1) is 0 Å². The number of carbonyl (C=O) groups is 1. The Kier molecular flexibility index (Phi) is 7.30. The van der Waals surface area contributed by atoms with Gasteiger partial charge in [-0.2, -0.15) is 26.7 Å². The van der Waals surface area contributed by atoms with Gasteiger partial charge in [0.1, 0.15) is 16.5 Å². The van der Waals surface area contributed by atoms with E-state index in [0.29, 0.717) is 12.1 Å². The predicted molar refractivity (Wildman–Crippen MR) is 111 cm³/mol. The summed E-state index contributed by atoms with van der Waals surface area (Å²) >= 11 is 0. The van der Waals surface area contributed by atoms with Crippen molar-refractivity contribution in [3.05, 3.63) is 95.1 Å². The standard InChI is InChI=1S/C22H15F5N2O4S/c23-17-7-10-19(24)15(11-17)12-21(30)29-28-13-14-3-1-2-4-20(14)33-34(31,32)18-8-5-16(6-9-18)22(25,26)27/h1-11,13H,12H2,(H,29,30). The van der Waals surface area contributed by atoms with E-state index >= 15 is 0 Å². The van der Waals surface area contributed by atoms with Crippen molar-refractivity contribution in [3.8, 4) is 5.75 Å². The zero-order valence-electron chi connectivity index (χ0n) is 17.0. The Labute approximate surface area is 190 Å². The number of hydrogen-bond donors (Lipinski definition) is 1. The molecule has 1 amide bonds. The van der Waals surface area contributed by atoms with Gasteiger partial charge in [-0.25, -0.2) is 14.2 Å². The van der Waals surface area contributed by atoms with Gasteiger partial charge in [0.25, 0.3) is 0 Å². The SMILES string of the molecule is O=C(Cc1cc(F)ccc1F)NN=Cc1ccccc1OS(=O)(=O)c1ccc(C(F)(F)F)cc1. The number of amides is 1. The van der Waals surface area contributed by atoms with Crippen LogP contribution in [0, 0.1) is 11.6 Å². The first kappa shape index (κ1) is 24.8. The number of benzene rings is 3. The molecule has 0 saturated heterocycles. The van der Waals surface area contributed by atoms with Crippen molar-refractivity contribution >= 4 is 22.2 Å². The minimum atomic E-state index is -4.63. The first-order valence-corrected chi connectivity index (χ1v) is 10.8. The molecule has 0 radical (unpaired) electrons. The second kappa shape index (κ2) is 10.00. The zero-order chi connectivity index (χ0) is 24.9. The van der Waals surface area contributed by atoms with Gasteiger partial charge < -0.3 is 4.18 Å². The van der Waals surface area contributed by atoms with Crippen molar-refractivity contribution in [3.63, 3.8) is 0 Å². The molecule has 6 nitrogen and oxygen atoms in total. The number of hydrazone groups is 1. The summed E-state index contributed by atoms with van der Waals surface area (Å²) in [6.07, 6.45) is -4.07. The maximum atomic E-state index is 13.6. The molecule has 3 aromatic carbocycles. The van der Waals surface area contributed by atoms with Crippen LogP contribution in [0.15, 0.2) is 76.7 Å². The maximum absolute atomic E-state index is 13.6. The third-order valence-electron chi connectivity index (χ3n) is 4.34. The molecule has 0 bridgehead atoms. The van der Waals surface area contributed by atoms with Gasteiger partial charge in [0.2, 0.25) is 5.91 Å². The quantitative estimate of drug-likeness (QED) is 0.226. The van der Waals surface area contributed by atoms with Crippen molar-refractivity contribution in [2.24, 2.45) is 5.10 Å². The summed E-state index contributed by atoms with van der Waals surface area (Å²) in [5, 5.41) is 3.65. The fraction of sp³-hybridized carbons (Fsp3) is 0.0909. The normalized spacial score (nSPS) is 12.0. The van der Waals surface area contributed by atoms with E-state index < -0.39 is 50.7 Å². The topological polar surface area (TPSA) is 84.8 Å². The minimum Gasteiger partial charge on any atom is -0.378 e. The number of alkyl halides is 3. The second-order valence-corrected chi connectivity index (χ2v) is 8.35. The Morgan fingerprint density at radius 1 is 1.00 bits per heavy atom. The highest BCUT2D eigenvalue weighted by Gasteiger charge is 2.31. The molecule has 0 atom stereocenters. The van der Waals surface area contributed by atoms with E-state index in [2.05, 4.69) is 10.5 Å². The first-order valence-electron chi connectivity index (χ1n) is 9.42. The van der Waals surface area contributed by atoms with Crippen LogP contribution in [0.25, 0.3) is 0 Å². The van der Waals surface area contributed by atoms with E-state index in [1.165, 1.54) is 24.3 Å². The van der Waals surface area contributed by atoms with Crippen molar-refractivity contribution < 1.29 is 39.3 Å². The van der Waals surface area contributed by atoms with Crippen LogP contribution in [-0.4, -0.2) is 20.5 Å². The molecule has 178 valence electrons. The van der Waals surface area contributed by atoms with Crippen LogP contribution in [-0.2, 0) is 27.5 Å². The lowest BCUT2D eigenvalue weighted by Gasteiger charge is -2.11. The van der Waals surface area contributed by atoms with Gasteiger partial charge in [-0.1, -0.05) is 12.1 Å². The second-order valence-electron chi connectivity index (χ2n) is 6.80. The van der Waals surface area contributed by atoms with Crippen LogP contribution < -0.4 is 9.61 Å². The smallest absolute Gasteiger partial charge is 0.378 e. The number of nitrogens with zero attached hydrogens (tertiary/aromatic N) is 1. The monoisotopic (exact) mass is 498 g/mol. The molecule has 0 aliphatic carbocycles. The number of nitrogens with one attached hydrogen (secondary N) is 1. The Morgan fingerprint density at radius 3 is 2.35 bits per heavy atom. The molecule has 1 N–H and O–H groups in total. The molecule has 0 saturated carbocycles. The zero-order valence-corrected chi connectivity index (χ0v) is 17.8. The van der Waals surface area contributed by atoms with Crippen LogP contribution in [0.3, 0.4) is 0 Å². The molecule has 0 aromatic heterocycles. The fourth-order valence-corrected chi connectivity index (χ4v) is 3.66. The van der Waals surface area contributed by atoms with Gasteiger partial charge in [0.15, 0.2) is 5.75 Å². The third-order valence-corrected chi connectivity index (χ3v) is 5.59. The lowest BCUT2D eigenvalue weighted by atomic mass is 10.1. The Morgan fingerprint density at radius 2 is 1.68 bits per heavy atom. The summed E-state index contributed by atoms with van der Waals surface area (Å²) in [6, 6.07) is 11.0. The number of rotatable bonds is 7. The van der Waals surface area contributed by atoms with Gasteiger partial charge >= 0.3 is 16.3 Å². The largest absolute Gasteiger partial charge is 0.416 e. The van der Waals surface area contributed by atoms with Crippen molar-refractivity contribution in [1.82, 2.24) is 5.43 Å². The van der Waals surface area contributed by atoms with Crippen LogP contribution in [0.5, 0.6) is 5.75 Å². The Balaban J connectivity index is 1.71. The van der Waals surface area contributed by atoms with E-state index in [1.54, 1.807) is 0 Å². The lowest BCUT2D eigenvalue weighted by Crippen LogP contribution is -2.20. The molecule has 34 heavy (non-hydrogen) atoms. The highest BCUT2D eigenvalue weighted by atomic mass is 32.2. The maximum Gasteiger partial charge on any atom is 0.416 e. The first-order chi connectivity index (χ1) is 16.0. The molecular formula is C22H15F5N2O4S. The van der Waals surface area contributed by atoms with E-state index in [1.807, 2.05) is 0 Å². The summed E-state index contributed by atoms with van der Waals surface area (Å²) in [6.45, 7) is 0. The van der Waals surface area contributed by atoms with E-state index in [9.17, 15) is 35.2 Å². The van der Waals surface area contributed by atoms with Crippen LogP contribution >= 0.6 is 0 Å². The summed E-state index contributed by atoms with van der Waals surface area (Å²) in [5.74, 6) is -2.46. The van der Waals surface area contributed by atoms with E-state index in [0.717, 1.165) is 36.5 Å². The molecule has 0 aliphatic heterocycles. The predicted octanol–water partition coefficient (Wildman–Crippen LogP) is 4.44. The molecule has 0 fully saturated rings. The number of para-hydroxylation sites is 1. The van der Waals surface area contributed by atoms with Gasteiger partial charge in [-0.05, 0) is 54.6 Å². The average Bonchev–Trinajstić information content (AvgIpc) is 2.77. The molecule has 0 heterocycles. The average molecular weight is 498 g/mol. The molecule has 0 spiro atoms. The fourth-order valence-electron chi connectivity index (χ4n) is 2.71. The van der Waals surface area contributed by atoms with Crippen LogP contribution in [0.2, 0.25) is 0 Å². The summed E-state index contributed by atoms with van der Waals surface area (Å²) in [7, 11) is -4.48. The molecule has 0 unspecified atom stereocenters. The summed E-state index contributed by atoms with van der Waals surface area (Å²) in [5.41, 5.74) is 1.00. The van der Waals surface area contributed by atoms with Crippen molar-refractivity contribution in [2.75, 3.05) is 0 Å². The Hall–Kier alpha value is -3.80. The van der Waals surface area contributed by atoms with Crippen molar-refractivity contribution in [1.29, 1.82) is 0 Å². The van der Waals surface area contributed by atoms with Crippen molar-refractivity contribution in [2.45, 2.75) is 17.5 Å². The molecule has 3 rings (SSSR count). The molecule has 3 aromatic rings. The van der Waals surface area contributed by atoms with Gasteiger partial charge in [0.05, 0.1) is 18.2 Å². The van der Waals surface area contributed by atoms with Crippen LogP contribution in [0.4, 0.5) is 22.0 Å². The highest BCUT2D eigenvalue weighted by molar-refractivity contribution is 7.87. The van der Waals surface area contributed by atoms with Crippen LogP contribution in [0.1, 0.15) is 16.7 Å². The number of halogens is 5. The van der Waals surface area contributed by atoms with Gasteiger partial charge in [0, 0.05) is 11.1 Å². The summed E-state index contributed by atoms with van der Waals surface area (Å²) < 4.78 is 94.9. The lowest BCUT2D eigenvalue weighted by molar-refractivity contribution is -0.137. The number of hydrogen-bond acceptors (Lipinski definition) is 5. The molecule has 12 heteroatoms. The molecular weight excluding hydrogens is 483 g/mol. The van der Waals surface area contributed by atoms with E-state index in [4.69, 9.17) is 4.18 Å². The molecule has 0 aliphatic rings. The minimum absolute atomic E-state index is 0.107. The third kappa shape index (κ3) is 6.38. The Bertz CT molecular complexity index is 1320. The number of carbonyl (C=O) groups excluding carboxylic acids is 1. The highest BCUT2D eigenvalue weighted by Crippen LogP contribution is 2.30. The van der Waals surface area contributed by atoms with E-state index in [-0.39, 0.29) is 16.9 Å². The summed E-state index contributed by atoms with van der Waals surface area (Å²) in [4.78, 5) is 11.4.